The maximum atomic E-state index is 13.4. The normalized spacial score (nSPS) is 17.3. The third kappa shape index (κ3) is 3.86. The van der Waals surface area contributed by atoms with Crippen LogP contribution < -0.4 is 4.90 Å². The molecule has 1 heterocycles. The second-order valence-corrected chi connectivity index (χ2v) is 8.26. The predicted molar refractivity (Wildman–Crippen MR) is 120 cm³/mol. The van der Waals surface area contributed by atoms with Crippen LogP contribution in [-0.4, -0.2) is 21.7 Å². The van der Waals surface area contributed by atoms with Crippen molar-refractivity contribution in [2.75, 3.05) is 4.90 Å². The number of nitrogens with zero attached hydrogens (tertiary/aromatic N) is 2. The molecule has 0 radical (unpaired) electrons. The zero-order chi connectivity index (χ0) is 23.0. The standard InChI is InChI=1S/C23H16Cl2N2O5/c24-16-9-8-15(19(25)11-16)13-26-20-7-2-1-6-18(20)23(30,22(26)29)12-21(28)14-4-3-5-17(10-14)27(31)32/h1-11,30H,12-13H2. The second kappa shape index (κ2) is 8.35. The van der Waals surface area contributed by atoms with Crippen LogP contribution in [0.3, 0.4) is 0 Å². The summed E-state index contributed by atoms with van der Waals surface area (Å²) in [5.74, 6) is -1.27. The van der Waals surface area contributed by atoms with Gasteiger partial charge in [0, 0.05) is 33.3 Å². The number of para-hydroxylation sites is 1. The van der Waals surface area contributed by atoms with Crippen LogP contribution in [0.2, 0.25) is 10.0 Å². The fourth-order valence-corrected chi connectivity index (χ4v) is 4.25. The van der Waals surface area contributed by atoms with E-state index in [1.165, 1.54) is 23.1 Å². The molecule has 0 fully saturated rings. The van der Waals surface area contributed by atoms with E-state index >= 15 is 0 Å². The van der Waals surface area contributed by atoms with Crippen molar-refractivity contribution in [3.8, 4) is 0 Å². The minimum Gasteiger partial charge on any atom is -0.375 e. The molecular weight excluding hydrogens is 455 g/mol. The molecule has 1 unspecified atom stereocenters. The van der Waals surface area contributed by atoms with Crippen LogP contribution in [0.15, 0.2) is 66.7 Å². The summed E-state index contributed by atoms with van der Waals surface area (Å²) in [5.41, 5.74) is -0.964. The Bertz CT molecular complexity index is 1260. The van der Waals surface area contributed by atoms with Gasteiger partial charge in [0.2, 0.25) is 0 Å². The first kappa shape index (κ1) is 22.0. The molecule has 0 saturated carbocycles. The third-order valence-corrected chi connectivity index (χ3v) is 5.97. The van der Waals surface area contributed by atoms with Crippen LogP contribution in [0, 0.1) is 10.1 Å². The van der Waals surface area contributed by atoms with Gasteiger partial charge in [0.05, 0.1) is 23.6 Å². The first-order valence-corrected chi connectivity index (χ1v) is 10.3. The molecule has 0 bridgehead atoms. The number of carbonyl (C=O) groups excluding carboxylic acids is 2. The third-order valence-electron chi connectivity index (χ3n) is 5.38. The van der Waals surface area contributed by atoms with Crippen LogP contribution >= 0.6 is 23.2 Å². The smallest absolute Gasteiger partial charge is 0.270 e. The molecule has 4 rings (SSSR count). The molecule has 1 atom stereocenters. The van der Waals surface area contributed by atoms with E-state index in [1.807, 2.05) is 0 Å². The van der Waals surface area contributed by atoms with Gasteiger partial charge in [0.25, 0.3) is 11.6 Å². The number of aliphatic hydroxyl groups is 1. The summed E-state index contributed by atoms with van der Waals surface area (Å²) < 4.78 is 0. The number of hydrogen-bond donors (Lipinski definition) is 1. The number of ketones is 1. The molecule has 1 aliphatic rings. The number of nitro benzene ring substituents is 1. The first-order valence-electron chi connectivity index (χ1n) is 9.56. The Kier molecular flexibility index (Phi) is 5.73. The Balaban J connectivity index is 1.68. The maximum absolute atomic E-state index is 13.4. The Morgan fingerprint density at radius 3 is 2.53 bits per heavy atom. The quantitative estimate of drug-likeness (QED) is 0.313. The molecule has 9 heteroatoms. The van der Waals surface area contributed by atoms with Gasteiger partial charge in [-0.2, -0.15) is 0 Å². The molecule has 3 aromatic carbocycles. The van der Waals surface area contributed by atoms with Crippen molar-refractivity contribution in [1.29, 1.82) is 0 Å². The highest BCUT2D eigenvalue weighted by molar-refractivity contribution is 6.35. The van der Waals surface area contributed by atoms with Gasteiger partial charge >= 0.3 is 0 Å². The van der Waals surface area contributed by atoms with Gasteiger partial charge in [-0.1, -0.05) is 59.6 Å². The van der Waals surface area contributed by atoms with Gasteiger partial charge in [-0.05, 0) is 23.8 Å². The first-order chi connectivity index (χ1) is 15.2. The Labute approximate surface area is 193 Å². The van der Waals surface area contributed by atoms with Gasteiger partial charge < -0.3 is 10.0 Å². The number of Topliss-reactive ketones (excluding diaryl/α,β-unsaturated/α-hetero) is 1. The number of hydrogen-bond acceptors (Lipinski definition) is 5. The highest BCUT2D eigenvalue weighted by Gasteiger charge is 2.50. The average Bonchev–Trinajstić information content (AvgIpc) is 2.97. The summed E-state index contributed by atoms with van der Waals surface area (Å²) >= 11 is 12.2. The molecule has 3 aromatic rings. The number of halogens is 2. The summed E-state index contributed by atoms with van der Waals surface area (Å²) in [6, 6.07) is 16.7. The van der Waals surface area contributed by atoms with E-state index in [1.54, 1.807) is 42.5 Å². The molecule has 0 aromatic heterocycles. The van der Waals surface area contributed by atoms with Crippen molar-refractivity contribution in [3.63, 3.8) is 0 Å². The molecule has 7 nitrogen and oxygen atoms in total. The van der Waals surface area contributed by atoms with Crippen molar-refractivity contribution < 1.29 is 19.6 Å². The molecular formula is C23H16Cl2N2O5. The monoisotopic (exact) mass is 470 g/mol. The van der Waals surface area contributed by atoms with Crippen LogP contribution in [0.1, 0.15) is 27.9 Å². The number of carbonyl (C=O) groups is 2. The van der Waals surface area contributed by atoms with Crippen molar-refractivity contribution in [3.05, 3.63) is 104 Å². The highest BCUT2D eigenvalue weighted by Crippen LogP contribution is 2.44. The lowest BCUT2D eigenvalue weighted by molar-refractivity contribution is -0.384. The predicted octanol–water partition coefficient (Wildman–Crippen LogP) is 4.91. The molecule has 0 aliphatic carbocycles. The van der Waals surface area contributed by atoms with Crippen LogP contribution in [0.4, 0.5) is 11.4 Å². The largest absolute Gasteiger partial charge is 0.375 e. The SMILES string of the molecule is O=C(CC1(O)C(=O)N(Cc2ccc(Cl)cc2Cl)c2ccccc21)c1cccc([N+](=O)[O-])c1. The Morgan fingerprint density at radius 1 is 1.06 bits per heavy atom. The fraction of sp³-hybridized carbons (Fsp3) is 0.130. The Morgan fingerprint density at radius 2 is 1.81 bits per heavy atom. The molecule has 1 amide bonds. The minimum atomic E-state index is -2.11. The number of nitro groups is 1. The second-order valence-electron chi connectivity index (χ2n) is 7.41. The van der Waals surface area contributed by atoms with Gasteiger partial charge in [-0.3, -0.25) is 19.7 Å². The summed E-state index contributed by atoms with van der Waals surface area (Å²) in [5, 5.41) is 23.2. The van der Waals surface area contributed by atoms with Gasteiger partial charge in [-0.15, -0.1) is 0 Å². The molecule has 0 spiro atoms. The number of anilines is 1. The summed E-state index contributed by atoms with van der Waals surface area (Å²) in [6.45, 7) is 0.0686. The summed E-state index contributed by atoms with van der Waals surface area (Å²) in [4.78, 5) is 38.0. The van der Waals surface area contributed by atoms with E-state index in [4.69, 9.17) is 23.2 Å². The van der Waals surface area contributed by atoms with Crippen molar-refractivity contribution >= 4 is 46.3 Å². The van der Waals surface area contributed by atoms with Crippen molar-refractivity contribution in [1.82, 2.24) is 0 Å². The van der Waals surface area contributed by atoms with E-state index in [9.17, 15) is 24.8 Å². The molecule has 32 heavy (non-hydrogen) atoms. The average molecular weight is 471 g/mol. The van der Waals surface area contributed by atoms with E-state index in [0.717, 1.165) is 6.07 Å². The number of amides is 1. The van der Waals surface area contributed by atoms with E-state index < -0.39 is 28.6 Å². The lowest BCUT2D eigenvalue weighted by atomic mass is 9.88. The van der Waals surface area contributed by atoms with Crippen molar-refractivity contribution in [2.24, 2.45) is 0 Å². The van der Waals surface area contributed by atoms with Crippen LogP contribution in [0.5, 0.6) is 0 Å². The Hall–Kier alpha value is -3.26. The number of fused-ring (bicyclic) bond motifs is 1. The maximum Gasteiger partial charge on any atom is 0.270 e. The number of benzene rings is 3. The van der Waals surface area contributed by atoms with E-state index in [2.05, 4.69) is 0 Å². The van der Waals surface area contributed by atoms with Crippen LogP contribution in [-0.2, 0) is 16.9 Å². The lowest BCUT2D eigenvalue weighted by Crippen LogP contribution is -2.41. The zero-order valence-electron chi connectivity index (χ0n) is 16.5. The molecule has 162 valence electrons. The number of rotatable bonds is 6. The molecule has 1 N–H and O–H groups in total. The fourth-order valence-electron chi connectivity index (χ4n) is 3.78. The van der Waals surface area contributed by atoms with Crippen molar-refractivity contribution in [2.45, 2.75) is 18.6 Å². The zero-order valence-corrected chi connectivity index (χ0v) is 18.0. The topological polar surface area (TPSA) is 101 Å². The van der Waals surface area contributed by atoms with Gasteiger partial charge in [0.1, 0.15) is 0 Å². The summed E-state index contributed by atoms with van der Waals surface area (Å²) in [7, 11) is 0. The van der Waals surface area contributed by atoms with E-state index in [-0.39, 0.29) is 23.4 Å². The highest BCUT2D eigenvalue weighted by atomic mass is 35.5. The summed E-state index contributed by atoms with van der Waals surface area (Å²) in [6.07, 6.45) is -0.561. The van der Waals surface area contributed by atoms with Gasteiger partial charge in [-0.25, -0.2) is 0 Å². The molecule has 1 aliphatic heterocycles. The van der Waals surface area contributed by atoms with E-state index in [0.29, 0.717) is 21.3 Å². The van der Waals surface area contributed by atoms with Crippen LogP contribution in [0.25, 0.3) is 0 Å². The van der Waals surface area contributed by atoms with Gasteiger partial charge in [0.15, 0.2) is 11.4 Å². The molecule has 0 saturated heterocycles. The lowest BCUT2D eigenvalue weighted by Gasteiger charge is -2.23. The number of non-ortho nitro benzene ring substituents is 1. The minimum absolute atomic E-state index is 0.0390.